The third-order valence-electron chi connectivity index (χ3n) is 4.89. The molecule has 0 bridgehead atoms. The van der Waals surface area contributed by atoms with E-state index in [4.69, 9.17) is 0 Å². The summed E-state index contributed by atoms with van der Waals surface area (Å²) in [4.78, 5) is 2.72. The maximum Gasteiger partial charge on any atom is 0.115 e. The van der Waals surface area contributed by atoms with Gasteiger partial charge in [-0.15, -0.1) is 17.0 Å². The van der Waals surface area contributed by atoms with Gasteiger partial charge < -0.3 is 5.11 Å². The van der Waals surface area contributed by atoms with Gasteiger partial charge >= 0.3 is 0 Å². The zero-order valence-electron chi connectivity index (χ0n) is 12.1. The van der Waals surface area contributed by atoms with E-state index in [0.29, 0.717) is 11.7 Å². The van der Waals surface area contributed by atoms with E-state index in [0.717, 1.165) is 6.04 Å². The summed E-state index contributed by atoms with van der Waals surface area (Å²) in [5.41, 5.74) is 1.32. The average molecular weight is 340 g/mol. The second-order valence-electron chi connectivity index (χ2n) is 6.22. The molecule has 1 aliphatic heterocycles. The Kier molecular flexibility index (Phi) is 5.91. The Balaban J connectivity index is 0.00000147. The zero-order valence-corrected chi connectivity index (χ0v) is 13.8. The fourth-order valence-electron chi connectivity index (χ4n) is 3.84. The first-order valence-electron chi connectivity index (χ1n) is 7.86. The van der Waals surface area contributed by atoms with E-state index in [1.807, 2.05) is 12.1 Å². The minimum atomic E-state index is 0. The number of nitrogens with zero attached hydrogens (tertiary/aromatic N) is 1. The lowest BCUT2D eigenvalue weighted by Gasteiger charge is -2.40. The molecule has 1 atom stereocenters. The van der Waals surface area contributed by atoms with E-state index in [1.165, 1.54) is 63.6 Å². The second-order valence-corrected chi connectivity index (χ2v) is 6.22. The van der Waals surface area contributed by atoms with Crippen LogP contribution in [0, 0.1) is 0 Å². The molecular weight excluding hydrogens is 314 g/mol. The Morgan fingerprint density at radius 1 is 1.00 bits per heavy atom. The van der Waals surface area contributed by atoms with Crippen LogP contribution in [0.15, 0.2) is 24.3 Å². The fourth-order valence-corrected chi connectivity index (χ4v) is 3.84. The molecule has 1 N–H and O–H groups in total. The van der Waals surface area contributed by atoms with Crippen LogP contribution in [0.25, 0.3) is 0 Å². The summed E-state index contributed by atoms with van der Waals surface area (Å²) < 4.78 is 0. The lowest BCUT2D eigenvalue weighted by Crippen LogP contribution is -2.42. The van der Waals surface area contributed by atoms with Crippen LogP contribution in [0.2, 0.25) is 0 Å². The molecule has 3 rings (SSSR count). The van der Waals surface area contributed by atoms with Gasteiger partial charge in [-0.3, -0.25) is 4.90 Å². The predicted molar refractivity (Wildman–Crippen MR) is 88.8 cm³/mol. The van der Waals surface area contributed by atoms with E-state index in [2.05, 4.69) is 11.0 Å². The van der Waals surface area contributed by atoms with Gasteiger partial charge in [0.1, 0.15) is 5.75 Å². The van der Waals surface area contributed by atoms with Crippen molar-refractivity contribution in [2.24, 2.45) is 0 Å². The van der Waals surface area contributed by atoms with Crippen molar-refractivity contribution in [3.63, 3.8) is 0 Å². The first-order chi connectivity index (χ1) is 9.33. The number of benzene rings is 1. The van der Waals surface area contributed by atoms with Crippen LogP contribution < -0.4 is 0 Å². The molecule has 3 heteroatoms. The summed E-state index contributed by atoms with van der Waals surface area (Å²) in [6.45, 7) is 2.47. The molecule has 1 aromatic rings. The molecule has 1 aliphatic carbocycles. The molecule has 112 valence electrons. The summed E-state index contributed by atoms with van der Waals surface area (Å²) in [6, 6.07) is 8.70. The number of aromatic hydroxyl groups is 1. The third-order valence-corrected chi connectivity index (χ3v) is 4.89. The highest BCUT2D eigenvalue weighted by atomic mass is 79.9. The quantitative estimate of drug-likeness (QED) is 0.858. The number of rotatable bonds is 2. The van der Waals surface area contributed by atoms with Gasteiger partial charge in [-0.05, 0) is 55.8 Å². The molecular formula is C17H26BrNO. The Morgan fingerprint density at radius 2 is 1.80 bits per heavy atom. The first kappa shape index (κ1) is 15.8. The van der Waals surface area contributed by atoms with E-state index in [9.17, 15) is 5.11 Å². The SMILES string of the molecule is Br.Oc1cccc(C2CCCN(C3CCCCC3)C2)c1. The number of phenolic OH excluding ortho intramolecular Hbond substituents is 1. The van der Waals surface area contributed by atoms with E-state index >= 15 is 0 Å². The van der Waals surface area contributed by atoms with Crippen molar-refractivity contribution in [3.05, 3.63) is 29.8 Å². The zero-order chi connectivity index (χ0) is 13.1. The molecule has 20 heavy (non-hydrogen) atoms. The van der Waals surface area contributed by atoms with Gasteiger partial charge in [0.05, 0.1) is 0 Å². The van der Waals surface area contributed by atoms with Gasteiger partial charge in [-0.1, -0.05) is 31.4 Å². The number of hydrogen-bond acceptors (Lipinski definition) is 2. The molecule has 1 heterocycles. The molecule has 1 saturated carbocycles. The van der Waals surface area contributed by atoms with Crippen molar-refractivity contribution in [2.45, 2.75) is 56.9 Å². The van der Waals surface area contributed by atoms with Crippen molar-refractivity contribution >= 4 is 17.0 Å². The van der Waals surface area contributed by atoms with Crippen molar-refractivity contribution in [1.29, 1.82) is 0 Å². The number of halogens is 1. The van der Waals surface area contributed by atoms with E-state index < -0.39 is 0 Å². The summed E-state index contributed by atoms with van der Waals surface area (Å²) >= 11 is 0. The van der Waals surface area contributed by atoms with Crippen LogP contribution in [0.5, 0.6) is 5.75 Å². The van der Waals surface area contributed by atoms with Crippen LogP contribution in [0.4, 0.5) is 0 Å². The van der Waals surface area contributed by atoms with Crippen molar-refractivity contribution < 1.29 is 5.11 Å². The fraction of sp³-hybridized carbons (Fsp3) is 0.647. The molecule has 1 saturated heterocycles. The first-order valence-corrected chi connectivity index (χ1v) is 7.86. The van der Waals surface area contributed by atoms with Gasteiger partial charge in [-0.2, -0.15) is 0 Å². The topological polar surface area (TPSA) is 23.5 Å². The monoisotopic (exact) mass is 339 g/mol. The third kappa shape index (κ3) is 3.76. The molecule has 1 aromatic carbocycles. The predicted octanol–water partition coefficient (Wildman–Crippen LogP) is 4.48. The minimum Gasteiger partial charge on any atom is -0.508 e. The Morgan fingerprint density at radius 3 is 2.55 bits per heavy atom. The summed E-state index contributed by atoms with van der Waals surface area (Å²) in [5.74, 6) is 1.02. The molecule has 0 aromatic heterocycles. The molecule has 2 nitrogen and oxygen atoms in total. The Hall–Kier alpha value is -0.540. The number of phenols is 1. The van der Waals surface area contributed by atoms with Gasteiger partial charge in [0.15, 0.2) is 0 Å². The van der Waals surface area contributed by atoms with E-state index in [-0.39, 0.29) is 17.0 Å². The molecule has 1 unspecified atom stereocenters. The van der Waals surface area contributed by atoms with Gasteiger partial charge in [0.2, 0.25) is 0 Å². The van der Waals surface area contributed by atoms with Crippen LogP contribution in [0.1, 0.15) is 56.4 Å². The standard InChI is InChI=1S/C17H25NO.BrH/c19-17-10-4-6-14(12-17)15-7-5-11-18(13-15)16-8-2-1-3-9-16;/h4,6,10,12,15-16,19H,1-3,5,7-9,11,13H2;1H. The van der Waals surface area contributed by atoms with Gasteiger partial charge in [0, 0.05) is 12.6 Å². The number of likely N-dealkylation sites (tertiary alicyclic amines) is 1. The lowest BCUT2D eigenvalue weighted by atomic mass is 9.87. The molecule has 0 amide bonds. The summed E-state index contributed by atoms with van der Waals surface area (Å²) in [6.07, 6.45) is 9.62. The Bertz CT molecular complexity index is 417. The lowest BCUT2D eigenvalue weighted by molar-refractivity contribution is 0.118. The maximum absolute atomic E-state index is 9.64. The van der Waals surface area contributed by atoms with Gasteiger partial charge in [0.25, 0.3) is 0 Å². The Labute approximate surface area is 133 Å². The van der Waals surface area contributed by atoms with Crippen LogP contribution in [-0.4, -0.2) is 29.1 Å². The van der Waals surface area contributed by atoms with Gasteiger partial charge in [-0.25, -0.2) is 0 Å². The molecule has 0 radical (unpaired) electrons. The van der Waals surface area contributed by atoms with Crippen LogP contribution >= 0.6 is 17.0 Å². The number of hydrogen-bond donors (Lipinski definition) is 1. The number of piperidine rings is 1. The van der Waals surface area contributed by atoms with E-state index in [1.54, 1.807) is 6.07 Å². The largest absolute Gasteiger partial charge is 0.508 e. The van der Waals surface area contributed by atoms with Crippen LogP contribution in [-0.2, 0) is 0 Å². The minimum absolute atomic E-state index is 0. The van der Waals surface area contributed by atoms with Crippen LogP contribution in [0.3, 0.4) is 0 Å². The molecule has 2 aliphatic rings. The van der Waals surface area contributed by atoms with Crippen molar-refractivity contribution in [2.75, 3.05) is 13.1 Å². The smallest absolute Gasteiger partial charge is 0.115 e. The normalized spacial score (nSPS) is 25.1. The highest BCUT2D eigenvalue weighted by Gasteiger charge is 2.27. The van der Waals surface area contributed by atoms with Crippen molar-refractivity contribution in [1.82, 2.24) is 4.90 Å². The average Bonchev–Trinajstić information content (AvgIpc) is 2.48. The highest BCUT2D eigenvalue weighted by molar-refractivity contribution is 8.93. The molecule has 2 fully saturated rings. The molecule has 0 spiro atoms. The second kappa shape index (κ2) is 7.46. The summed E-state index contributed by atoms with van der Waals surface area (Å²) in [5, 5.41) is 9.64. The highest BCUT2D eigenvalue weighted by Crippen LogP contribution is 2.32. The van der Waals surface area contributed by atoms with Crippen molar-refractivity contribution in [3.8, 4) is 5.75 Å². The summed E-state index contributed by atoms with van der Waals surface area (Å²) in [7, 11) is 0. The maximum atomic E-state index is 9.64.